The zero-order chi connectivity index (χ0) is 19.0. The molecule has 1 aliphatic rings. The molecule has 2 aromatic carbocycles. The normalized spacial score (nSPS) is 18.1. The van der Waals surface area contributed by atoms with Crippen molar-refractivity contribution in [3.05, 3.63) is 102 Å². The standard InChI is InChI=1S/C22H18FN3O/c1-2-20(27)26-19-14-22(15-6-4-3-5-7-15,13-12-18(19)21(24)25-26)16-8-10-17(23)11-9-16/h2-13H,1,14H2,(H2,24,25). The summed E-state index contributed by atoms with van der Waals surface area (Å²) in [6, 6.07) is 16.4. The highest BCUT2D eigenvalue weighted by atomic mass is 19.1. The van der Waals surface area contributed by atoms with E-state index in [0.29, 0.717) is 17.9 Å². The molecule has 0 amide bonds. The van der Waals surface area contributed by atoms with Crippen molar-refractivity contribution in [2.24, 2.45) is 0 Å². The van der Waals surface area contributed by atoms with E-state index in [-0.39, 0.29) is 11.7 Å². The summed E-state index contributed by atoms with van der Waals surface area (Å²) in [7, 11) is 0. The molecule has 1 atom stereocenters. The predicted molar refractivity (Wildman–Crippen MR) is 104 cm³/mol. The predicted octanol–water partition coefficient (Wildman–Crippen LogP) is 3.99. The Hall–Kier alpha value is -3.47. The van der Waals surface area contributed by atoms with E-state index in [1.165, 1.54) is 22.9 Å². The molecule has 0 fully saturated rings. The van der Waals surface area contributed by atoms with Gasteiger partial charge in [-0.3, -0.25) is 4.79 Å². The van der Waals surface area contributed by atoms with E-state index in [1.54, 1.807) is 12.1 Å². The van der Waals surface area contributed by atoms with Gasteiger partial charge in [0, 0.05) is 17.4 Å². The minimum atomic E-state index is -0.562. The number of carbonyl (C=O) groups is 1. The lowest BCUT2D eigenvalue weighted by atomic mass is 9.68. The van der Waals surface area contributed by atoms with Crippen molar-refractivity contribution < 1.29 is 9.18 Å². The van der Waals surface area contributed by atoms with Gasteiger partial charge in [0.2, 0.25) is 0 Å². The fraction of sp³-hybridized carbons (Fsp3) is 0.0909. The second-order valence-corrected chi connectivity index (χ2v) is 6.55. The number of carbonyl (C=O) groups excluding carboxylic acids is 1. The van der Waals surface area contributed by atoms with Crippen molar-refractivity contribution in [1.29, 1.82) is 0 Å². The Morgan fingerprint density at radius 3 is 2.48 bits per heavy atom. The molecule has 3 aromatic rings. The van der Waals surface area contributed by atoms with Crippen LogP contribution in [-0.2, 0) is 11.8 Å². The highest BCUT2D eigenvalue weighted by molar-refractivity contribution is 5.90. The van der Waals surface area contributed by atoms with Gasteiger partial charge in [0.05, 0.1) is 5.69 Å². The monoisotopic (exact) mass is 359 g/mol. The summed E-state index contributed by atoms with van der Waals surface area (Å²) in [6.07, 6.45) is 5.63. The van der Waals surface area contributed by atoms with E-state index in [0.717, 1.165) is 16.7 Å². The number of rotatable bonds is 3. The maximum Gasteiger partial charge on any atom is 0.270 e. The van der Waals surface area contributed by atoms with Crippen molar-refractivity contribution in [2.45, 2.75) is 11.8 Å². The molecule has 0 saturated heterocycles. The van der Waals surface area contributed by atoms with Crippen molar-refractivity contribution in [3.63, 3.8) is 0 Å². The zero-order valence-corrected chi connectivity index (χ0v) is 14.6. The summed E-state index contributed by atoms with van der Waals surface area (Å²) in [6.45, 7) is 3.55. The van der Waals surface area contributed by atoms with Crippen molar-refractivity contribution in [3.8, 4) is 0 Å². The molecule has 1 aliphatic carbocycles. The number of nitrogens with zero attached hydrogens (tertiary/aromatic N) is 2. The minimum absolute atomic E-state index is 0.293. The fourth-order valence-corrected chi connectivity index (χ4v) is 3.70. The van der Waals surface area contributed by atoms with Gasteiger partial charge in [-0.25, -0.2) is 4.39 Å². The summed E-state index contributed by atoms with van der Waals surface area (Å²) < 4.78 is 14.8. The number of hydrogen-bond donors (Lipinski definition) is 1. The summed E-state index contributed by atoms with van der Waals surface area (Å²) in [5, 5.41) is 4.19. The smallest absolute Gasteiger partial charge is 0.270 e. The number of allylic oxidation sites excluding steroid dienone is 2. The molecule has 1 unspecified atom stereocenters. The molecule has 0 aliphatic heterocycles. The van der Waals surface area contributed by atoms with Crippen LogP contribution >= 0.6 is 0 Å². The van der Waals surface area contributed by atoms with Gasteiger partial charge in [-0.15, -0.1) is 5.10 Å². The number of aromatic nitrogens is 2. The van der Waals surface area contributed by atoms with E-state index in [1.807, 2.05) is 36.4 Å². The molecular weight excluding hydrogens is 341 g/mol. The van der Waals surface area contributed by atoms with E-state index in [2.05, 4.69) is 17.8 Å². The quantitative estimate of drug-likeness (QED) is 0.720. The van der Waals surface area contributed by atoms with Crippen LogP contribution in [0.25, 0.3) is 6.08 Å². The van der Waals surface area contributed by atoms with Crippen LogP contribution in [0.1, 0.15) is 27.2 Å². The molecule has 0 radical (unpaired) electrons. The number of nitrogens with two attached hydrogens (primary N) is 1. The summed E-state index contributed by atoms with van der Waals surface area (Å²) >= 11 is 0. The molecule has 134 valence electrons. The van der Waals surface area contributed by atoms with Crippen molar-refractivity contribution in [2.75, 3.05) is 5.73 Å². The third-order valence-corrected chi connectivity index (χ3v) is 5.06. The van der Waals surface area contributed by atoms with Crippen LogP contribution < -0.4 is 5.73 Å². The van der Waals surface area contributed by atoms with Gasteiger partial charge >= 0.3 is 0 Å². The topological polar surface area (TPSA) is 60.9 Å². The lowest BCUT2D eigenvalue weighted by molar-refractivity contribution is 0.0950. The number of benzene rings is 2. The first-order valence-electron chi connectivity index (χ1n) is 8.60. The van der Waals surface area contributed by atoms with E-state index < -0.39 is 5.41 Å². The largest absolute Gasteiger partial charge is 0.382 e. The maximum atomic E-state index is 13.5. The highest BCUT2D eigenvalue weighted by Gasteiger charge is 2.38. The molecule has 4 nitrogen and oxygen atoms in total. The molecule has 1 heterocycles. The fourth-order valence-electron chi connectivity index (χ4n) is 3.70. The molecule has 0 spiro atoms. The first-order chi connectivity index (χ1) is 13.0. The Balaban J connectivity index is 1.94. The summed E-state index contributed by atoms with van der Waals surface area (Å²) in [4.78, 5) is 12.3. The van der Waals surface area contributed by atoms with Gasteiger partial charge in [0.15, 0.2) is 5.82 Å². The van der Waals surface area contributed by atoms with Gasteiger partial charge in [0.25, 0.3) is 5.91 Å². The molecule has 5 heteroatoms. The molecule has 4 rings (SSSR count). The van der Waals surface area contributed by atoms with Crippen LogP contribution in [0.15, 0.2) is 73.3 Å². The average molecular weight is 359 g/mol. The summed E-state index contributed by atoms with van der Waals surface area (Å²) in [5.74, 6) is -0.324. The highest BCUT2D eigenvalue weighted by Crippen LogP contribution is 2.42. The Kier molecular flexibility index (Phi) is 4.00. The maximum absolute atomic E-state index is 13.5. The van der Waals surface area contributed by atoms with Crippen LogP contribution in [0.3, 0.4) is 0 Å². The third kappa shape index (κ3) is 2.68. The number of halogens is 1. The number of nitrogen functional groups attached to an aromatic ring is 1. The Bertz CT molecular complexity index is 1050. The lowest BCUT2D eigenvalue weighted by Crippen LogP contribution is -2.32. The average Bonchev–Trinajstić information content (AvgIpc) is 3.04. The molecule has 0 bridgehead atoms. The van der Waals surface area contributed by atoms with E-state index in [4.69, 9.17) is 5.73 Å². The SMILES string of the molecule is C=CC(=O)n1nc(N)c2c1CC(c1ccccc1)(c1ccc(F)cc1)C=C2. The van der Waals surface area contributed by atoms with Crippen molar-refractivity contribution >= 4 is 17.8 Å². The van der Waals surface area contributed by atoms with Gasteiger partial charge in [-0.2, -0.15) is 4.68 Å². The van der Waals surface area contributed by atoms with Gasteiger partial charge in [-0.1, -0.05) is 61.2 Å². The summed E-state index contributed by atoms with van der Waals surface area (Å²) in [5.41, 5.74) is 8.87. The number of fused-ring (bicyclic) bond motifs is 1. The molecule has 27 heavy (non-hydrogen) atoms. The van der Waals surface area contributed by atoms with Crippen LogP contribution in [-0.4, -0.2) is 15.7 Å². The van der Waals surface area contributed by atoms with Crippen LogP contribution in [0, 0.1) is 5.82 Å². The first-order valence-corrected chi connectivity index (χ1v) is 8.60. The molecular formula is C22H18FN3O. The third-order valence-electron chi connectivity index (χ3n) is 5.06. The zero-order valence-electron chi connectivity index (χ0n) is 14.6. The minimum Gasteiger partial charge on any atom is -0.382 e. The first kappa shape index (κ1) is 17.0. The van der Waals surface area contributed by atoms with Crippen LogP contribution in [0.5, 0.6) is 0 Å². The van der Waals surface area contributed by atoms with Crippen LogP contribution in [0.4, 0.5) is 10.2 Å². The van der Waals surface area contributed by atoms with Gasteiger partial charge in [0.1, 0.15) is 5.82 Å². The second kappa shape index (κ2) is 6.36. The van der Waals surface area contributed by atoms with E-state index >= 15 is 0 Å². The Morgan fingerprint density at radius 1 is 1.15 bits per heavy atom. The van der Waals surface area contributed by atoms with E-state index in [9.17, 15) is 9.18 Å². The Morgan fingerprint density at radius 2 is 1.81 bits per heavy atom. The number of anilines is 1. The molecule has 0 saturated carbocycles. The number of hydrogen-bond acceptors (Lipinski definition) is 3. The lowest BCUT2D eigenvalue weighted by Gasteiger charge is -2.35. The van der Waals surface area contributed by atoms with Crippen LogP contribution in [0.2, 0.25) is 0 Å². The second-order valence-electron chi connectivity index (χ2n) is 6.55. The van der Waals surface area contributed by atoms with Gasteiger partial charge < -0.3 is 5.73 Å². The molecule has 1 aromatic heterocycles. The molecule has 2 N–H and O–H groups in total. The van der Waals surface area contributed by atoms with Crippen molar-refractivity contribution in [1.82, 2.24) is 9.78 Å². The van der Waals surface area contributed by atoms with Gasteiger partial charge in [-0.05, 0) is 29.3 Å². The Labute approximate surface area is 156 Å².